The van der Waals surface area contributed by atoms with Gasteiger partial charge in [-0.1, -0.05) is 20.3 Å². The van der Waals surface area contributed by atoms with Crippen LogP contribution >= 0.6 is 0 Å². The molecule has 0 saturated carbocycles. The van der Waals surface area contributed by atoms with Gasteiger partial charge in [0.2, 0.25) is 0 Å². The Morgan fingerprint density at radius 1 is 1.06 bits per heavy atom. The van der Waals surface area contributed by atoms with Crippen LogP contribution in [0.2, 0.25) is 0 Å². The smallest absolute Gasteiger partial charge is 0.340 e. The number of nitrogen functional groups attached to an aromatic ring is 1. The van der Waals surface area contributed by atoms with Crippen molar-refractivity contribution >= 4 is 29.5 Å². The van der Waals surface area contributed by atoms with E-state index in [9.17, 15) is 19.2 Å². The number of esters is 1. The van der Waals surface area contributed by atoms with E-state index in [1.165, 1.54) is 15.5 Å². The van der Waals surface area contributed by atoms with E-state index >= 15 is 0 Å². The number of nitrogens with one attached hydrogen (secondary N) is 1. The van der Waals surface area contributed by atoms with Crippen LogP contribution in [0, 0.1) is 13.8 Å². The summed E-state index contributed by atoms with van der Waals surface area (Å²) in [4.78, 5) is 54.6. The summed E-state index contributed by atoms with van der Waals surface area (Å²) in [5, 5.41) is 0. The van der Waals surface area contributed by atoms with Gasteiger partial charge in [-0.3, -0.25) is 19.1 Å². The highest BCUT2D eigenvalue weighted by atomic mass is 16.5. The quantitative estimate of drug-likeness (QED) is 0.370. The zero-order valence-electron chi connectivity index (χ0n) is 21.6. The van der Waals surface area contributed by atoms with Gasteiger partial charge >= 0.3 is 11.7 Å². The summed E-state index contributed by atoms with van der Waals surface area (Å²) in [7, 11) is 0. The topological polar surface area (TPSA) is 132 Å². The molecule has 0 saturated heterocycles. The molecule has 0 aliphatic carbocycles. The first-order valence-electron chi connectivity index (χ1n) is 12.1. The standard InChI is InChI=1S/C25H37N5O5/c1-7-11-15-29(21-22(26)30(14-8-2)25(34)27-23(21)32)19(31)13-12-18-16(5)28(9-3)17(6)20(18)24(33)35-10-4/h12-13H,7-11,14-15,26H2,1-6H3,(H,27,32,34). The third-order valence-electron chi connectivity index (χ3n) is 5.95. The number of ether oxygens (including phenoxy) is 1. The number of H-pyrrole nitrogens is 1. The Morgan fingerprint density at radius 2 is 1.74 bits per heavy atom. The van der Waals surface area contributed by atoms with Crippen LogP contribution in [0.1, 0.15) is 74.3 Å². The monoisotopic (exact) mass is 487 g/mol. The number of carbonyl (C=O) groups is 2. The summed E-state index contributed by atoms with van der Waals surface area (Å²) in [6, 6.07) is 0. The number of anilines is 2. The van der Waals surface area contributed by atoms with Crippen molar-refractivity contribution in [2.24, 2.45) is 0 Å². The fraction of sp³-hybridized carbons (Fsp3) is 0.520. The molecule has 0 spiro atoms. The van der Waals surface area contributed by atoms with Crippen LogP contribution in [-0.4, -0.2) is 39.1 Å². The lowest BCUT2D eigenvalue weighted by atomic mass is 10.1. The van der Waals surface area contributed by atoms with Gasteiger partial charge in [-0.25, -0.2) is 9.59 Å². The molecular weight excluding hydrogens is 450 g/mol. The molecular formula is C25H37N5O5. The molecule has 1 amide bonds. The van der Waals surface area contributed by atoms with Gasteiger partial charge in [0.05, 0.1) is 12.2 Å². The predicted octanol–water partition coefficient (Wildman–Crippen LogP) is 2.99. The number of rotatable bonds is 11. The van der Waals surface area contributed by atoms with Gasteiger partial charge in [-0.2, -0.15) is 0 Å². The third-order valence-corrected chi connectivity index (χ3v) is 5.95. The van der Waals surface area contributed by atoms with Crippen LogP contribution in [0.25, 0.3) is 6.08 Å². The van der Waals surface area contributed by atoms with Crippen molar-refractivity contribution in [2.75, 3.05) is 23.8 Å². The van der Waals surface area contributed by atoms with Crippen molar-refractivity contribution in [3.8, 4) is 0 Å². The Labute approximate surface area is 205 Å². The molecule has 2 aromatic rings. The van der Waals surface area contributed by atoms with Crippen molar-refractivity contribution in [3.05, 3.63) is 49.4 Å². The van der Waals surface area contributed by atoms with E-state index in [0.717, 1.165) is 17.8 Å². The maximum absolute atomic E-state index is 13.4. The van der Waals surface area contributed by atoms with Gasteiger partial charge in [0, 0.05) is 42.7 Å². The lowest BCUT2D eigenvalue weighted by molar-refractivity contribution is -0.114. The lowest BCUT2D eigenvalue weighted by Gasteiger charge is -2.23. The first-order chi connectivity index (χ1) is 16.6. The van der Waals surface area contributed by atoms with Crippen LogP contribution < -0.4 is 21.9 Å². The van der Waals surface area contributed by atoms with Crippen LogP contribution in [0.15, 0.2) is 15.7 Å². The molecule has 0 fully saturated rings. The molecule has 0 aliphatic rings. The van der Waals surface area contributed by atoms with E-state index in [1.54, 1.807) is 13.0 Å². The molecule has 10 heteroatoms. The van der Waals surface area contributed by atoms with E-state index in [1.807, 2.05) is 39.2 Å². The predicted molar refractivity (Wildman–Crippen MR) is 138 cm³/mol. The normalized spacial score (nSPS) is 11.3. The van der Waals surface area contributed by atoms with Crippen molar-refractivity contribution in [1.29, 1.82) is 0 Å². The van der Waals surface area contributed by atoms with Crippen molar-refractivity contribution in [2.45, 2.75) is 73.9 Å². The van der Waals surface area contributed by atoms with Crippen LogP contribution in [0.5, 0.6) is 0 Å². The maximum atomic E-state index is 13.4. The first kappa shape index (κ1) is 27.7. The number of aromatic amines is 1. The Kier molecular flexibility index (Phi) is 9.68. The molecule has 0 aliphatic heterocycles. The number of amides is 1. The molecule has 10 nitrogen and oxygen atoms in total. The number of nitrogens with zero attached hydrogens (tertiary/aromatic N) is 3. The van der Waals surface area contributed by atoms with E-state index < -0.39 is 23.1 Å². The summed E-state index contributed by atoms with van der Waals surface area (Å²) in [5.74, 6) is -0.981. The van der Waals surface area contributed by atoms with E-state index in [-0.39, 0.29) is 24.7 Å². The number of hydrogen-bond acceptors (Lipinski definition) is 6. The van der Waals surface area contributed by atoms with Crippen LogP contribution in [0.4, 0.5) is 11.5 Å². The number of nitrogens with two attached hydrogens (primary N) is 1. The van der Waals surface area contributed by atoms with Gasteiger partial charge in [0.25, 0.3) is 11.5 Å². The molecule has 3 N–H and O–H groups in total. The molecule has 0 aromatic carbocycles. The number of unbranched alkanes of at least 4 members (excludes halogenated alkanes) is 1. The number of carbonyl (C=O) groups excluding carboxylic acids is 2. The maximum Gasteiger partial charge on any atom is 0.340 e. The van der Waals surface area contributed by atoms with Crippen molar-refractivity contribution < 1.29 is 14.3 Å². The minimum absolute atomic E-state index is 0.0465. The zero-order valence-corrected chi connectivity index (χ0v) is 21.6. The number of hydrogen-bond donors (Lipinski definition) is 2. The summed E-state index contributed by atoms with van der Waals surface area (Å²) in [6.07, 6.45) is 4.94. The summed E-state index contributed by atoms with van der Waals surface area (Å²) < 4.78 is 8.49. The molecule has 0 atom stereocenters. The summed E-state index contributed by atoms with van der Waals surface area (Å²) in [5.41, 5.74) is 7.41. The second-order valence-corrected chi connectivity index (χ2v) is 8.25. The average Bonchev–Trinajstić information content (AvgIpc) is 3.05. The lowest BCUT2D eigenvalue weighted by Crippen LogP contribution is -2.41. The van der Waals surface area contributed by atoms with Gasteiger partial charge in [0.1, 0.15) is 5.82 Å². The van der Waals surface area contributed by atoms with E-state index in [2.05, 4.69) is 4.98 Å². The average molecular weight is 488 g/mol. The van der Waals surface area contributed by atoms with Crippen LogP contribution in [0.3, 0.4) is 0 Å². The summed E-state index contributed by atoms with van der Waals surface area (Å²) >= 11 is 0. The fourth-order valence-corrected chi connectivity index (χ4v) is 4.22. The Morgan fingerprint density at radius 3 is 2.31 bits per heavy atom. The molecule has 35 heavy (non-hydrogen) atoms. The highest BCUT2D eigenvalue weighted by Crippen LogP contribution is 2.25. The van der Waals surface area contributed by atoms with Gasteiger partial charge in [0.15, 0.2) is 5.69 Å². The van der Waals surface area contributed by atoms with E-state index in [0.29, 0.717) is 37.1 Å². The Hall–Kier alpha value is -3.56. The van der Waals surface area contributed by atoms with Gasteiger partial charge < -0.3 is 19.9 Å². The zero-order chi connectivity index (χ0) is 26.3. The molecule has 192 valence electrons. The Balaban J connectivity index is 2.60. The minimum atomic E-state index is -0.714. The molecule has 2 heterocycles. The molecule has 0 radical (unpaired) electrons. The second kappa shape index (κ2) is 12.2. The largest absolute Gasteiger partial charge is 0.462 e. The summed E-state index contributed by atoms with van der Waals surface area (Å²) in [6.45, 7) is 12.7. The molecule has 2 aromatic heterocycles. The van der Waals surface area contributed by atoms with Gasteiger partial charge in [-0.05, 0) is 46.6 Å². The van der Waals surface area contributed by atoms with Crippen molar-refractivity contribution in [3.63, 3.8) is 0 Å². The highest BCUT2D eigenvalue weighted by molar-refractivity contribution is 6.06. The van der Waals surface area contributed by atoms with Crippen molar-refractivity contribution in [1.82, 2.24) is 14.1 Å². The Bertz CT molecular complexity index is 1220. The van der Waals surface area contributed by atoms with Gasteiger partial charge in [-0.15, -0.1) is 0 Å². The van der Waals surface area contributed by atoms with E-state index in [4.69, 9.17) is 10.5 Å². The number of aromatic nitrogens is 3. The van der Waals surface area contributed by atoms with Crippen LogP contribution in [-0.2, 0) is 22.6 Å². The molecule has 0 bridgehead atoms. The third kappa shape index (κ3) is 5.75. The SMILES string of the molecule is CCCCN(C(=O)C=Cc1c(C(=O)OCC)c(C)n(CC)c1C)c1c(N)n(CCC)c(=O)[nH]c1=O. The highest BCUT2D eigenvalue weighted by Gasteiger charge is 2.25. The second-order valence-electron chi connectivity index (χ2n) is 8.25. The minimum Gasteiger partial charge on any atom is -0.462 e. The molecule has 2 rings (SSSR count). The first-order valence-corrected chi connectivity index (χ1v) is 12.1. The molecule has 0 unspecified atom stereocenters. The fourth-order valence-electron chi connectivity index (χ4n) is 4.22.